The number of fused-ring (bicyclic) bond motifs is 2. The van der Waals surface area contributed by atoms with Gasteiger partial charge < -0.3 is 0 Å². The zero-order valence-electron chi connectivity index (χ0n) is 5.71. The maximum atomic E-state index is 2.41. The van der Waals surface area contributed by atoms with E-state index in [2.05, 4.69) is 30.8 Å². The van der Waals surface area contributed by atoms with Gasteiger partial charge in [0.2, 0.25) is 0 Å². The molecular weight excluding hydrogens is 128 g/mol. The van der Waals surface area contributed by atoms with Gasteiger partial charge in [0.25, 0.3) is 0 Å². The summed E-state index contributed by atoms with van der Waals surface area (Å²) in [5.41, 5.74) is 0. The highest BCUT2D eigenvalue weighted by Gasteiger charge is 2.34. The molecule has 1 heterocycles. The maximum absolute atomic E-state index is 2.41. The van der Waals surface area contributed by atoms with Crippen molar-refractivity contribution in [2.75, 3.05) is 0 Å². The molecule has 2 rings (SSSR count). The van der Waals surface area contributed by atoms with E-state index in [1.165, 1.54) is 12.8 Å². The van der Waals surface area contributed by atoms with Crippen molar-refractivity contribution in [2.45, 2.75) is 30.3 Å². The van der Waals surface area contributed by atoms with Crippen LogP contribution in [0, 0.1) is 5.92 Å². The highest BCUT2D eigenvalue weighted by Crippen LogP contribution is 2.45. The van der Waals surface area contributed by atoms with Crippen molar-refractivity contribution in [3.8, 4) is 0 Å². The Bertz CT molecular complexity index is 140. The van der Waals surface area contributed by atoms with Crippen LogP contribution in [-0.2, 0) is 0 Å². The van der Waals surface area contributed by atoms with Crippen molar-refractivity contribution in [1.29, 1.82) is 0 Å². The van der Waals surface area contributed by atoms with Crippen LogP contribution in [0.2, 0.25) is 0 Å². The Kier molecular flexibility index (Phi) is 1.33. The third-order valence-corrected chi connectivity index (χ3v) is 4.04. The minimum atomic E-state index is 0.889. The first-order chi connectivity index (χ1) is 4.40. The van der Waals surface area contributed by atoms with Crippen molar-refractivity contribution >= 4 is 11.8 Å². The van der Waals surface area contributed by atoms with Gasteiger partial charge in [-0.15, -0.1) is 0 Å². The van der Waals surface area contributed by atoms with Gasteiger partial charge in [0.1, 0.15) is 0 Å². The molecule has 0 unspecified atom stereocenters. The van der Waals surface area contributed by atoms with Gasteiger partial charge in [-0.1, -0.05) is 19.1 Å². The number of rotatable bonds is 1. The van der Waals surface area contributed by atoms with E-state index in [1.807, 2.05) is 0 Å². The Labute approximate surface area is 60.7 Å². The van der Waals surface area contributed by atoms with Crippen LogP contribution in [0.1, 0.15) is 19.8 Å². The Morgan fingerprint density at radius 1 is 1.56 bits per heavy atom. The van der Waals surface area contributed by atoms with Crippen molar-refractivity contribution in [1.82, 2.24) is 0 Å². The van der Waals surface area contributed by atoms with Crippen LogP contribution in [0.15, 0.2) is 12.2 Å². The molecule has 0 amide bonds. The SMILES string of the molecule is CC[C@H]1S[C@@H]2C=C[C@H]1C2. The molecule has 3 atom stereocenters. The average Bonchev–Trinajstić information content (AvgIpc) is 2.45. The van der Waals surface area contributed by atoms with Gasteiger partial charge in [-0.25, -0.2) is 0 Å². The first-order valence-electron chi connectivity index (χ1n) is 3.74. The zero-order valence-corrected chi connectivity index (χ0v) is 6.53. The number of thioether (sulfide) groups is 1. The molecule has 0 N–H and O–H groups in total. The topological polar surface area (TPSA) is 0 Å². The average molecular weight is 140 g/mol. The molecule has 1 saturated heterocycles. The summed E-state index contributed by atoms with van der Waals surface area (Å²) in [7, 11) is 0. The molecule has 0 aromatic heterocycles. The molecule has 1 aliphatic carbocycles. The van der Waals surface area contributed by atoms with E-state index >= 15 is 0 Å². The minimum absolute atomic E-state index is 0.889. The fraction of sp³-hybridized carbons (Fsp3) is 0.750. The first kappa shape index (κ1) is 5.84. The second-order valence-electron chi connectivity index (χ2n) is 2.91. The lowest BCUT2D eigenvalue weighted by atomic mass is 10.0. The standard InChI is InChI=1S/C8H12S/c1-2-8-6-3-4-7(5-6)9-8/h3-4,6-8H,2,5H2,1H3/t6-,7+,8+/m0/s1. The van der Waals surface area contributed by atoms with Gasteiger partial charge in [0, 0.05) is 10.5 Å². The summed E-state index contributed by atoms with van der Waals surface area (Å²) in [6.45, 7) is 2.30. The zero-order chi connectivity index (χ0) is 6.27. The van der Waals surface area contributed by atoms with Gasteiger partial charge in [0.05, 0.1) is 0 Å². The summed E-state index contributed by atoms with van der Waals surface area (Å²) in [4.78, 5) is 0. The number of hydrogen-bond acceptors (Lipinski definition) is 1. The van der Waals surface area contributed by atoms with Crippen LogP contribution in [0.3, 0.4) is 0 Å². The molecule has 0 aromatic rings. The predicted molar refractivity (Wildman–Crippen MR) is 42.7 cm³/mol. The Morgan fingerprint density at radius 2 is 2.44 bits per heavy atom. The number of allylic oxidation sites excluding steroid dienone is 1. The largest absolute Gasteiger partial charge is 0.150 e. The molecule has 2 bridgehead atoms. The van der Waals surface area contributed by atoms with Crippen LogP contribution in [0.5, 0.6) is 0 Å². The van der Waals surface area contributed by atoms with Crippen LogP contribution >= 0.6 is 11.8 Å². The van der Waals surface area contributed by atoms with Crippen LogP contribution in [-0.4, -0.2) is 10.5 Å². The van der Waals surface area contributed by atoms with E-state index in [1.54, 1.807) is 0 Å². The lowest BCUT2D eigenvalue weighted by molar-refractivity contribution is 0.621. The molecule has 0 aromatic carbocycles. The molecule has 1 aliphatic heterocycles. The van der Waals surface area contributed by atoms with Gasteiger partial charge >= 0.3 is 0 Å². The Balaban J connectivity index is 2.10. The second kappa shape index (κ2) is 2.05. The normalized spacial score (nSPS) is 46.6. The van der Waals surface area contributed by atoms with E-state index in [4.69, 9.17) is 0 Å². The smallest absolute Gasteiger partial charge is 0.0236 e. The molecule has 0 saturated carbocycles. The van der Waals surface area contributed by atoms with E-state index in [0.29, 0.717) is 0 Å². The maximum Gasteiger partial charge on any atom is 0.0236 e. The fourth-order valence-corrected chi connectivity index (χ4v) is 3.35. The summed E-state index contributed by atoms with van der Waals surface area (Å²) in [5, 5.41) is 1.85. The van der Waals surface area contributed by atoms with Gasteiger partial charge in [-0.2, -0.15) is 11.8 Å². The lowest BCUT2D eigenvalue weighted by Gasteiger charge is -2.13. The molecule has 2 aliphatic rings. The van der Waals surface area contributed by atoms with Gasteiger partial charge in [-0.05, 0) is 18.8 Å². The summed E-state index contributed by atoms with van der Waals surface area (Å²) in [6, 6.07) is 0. The third-order valence-electron chi connectivity index (χ3n) is 2.31. The quantitative estimate of drug-likeness (QED) is 0.504. The highest BCUT2D eigenvalue weighted by molar-refractivity contribution is 8.01. The minimum Gasteiger partial charge on any atom is -0.150 e. The summed E-state index contributed by atoms with van der Waals surface area (Å²) in [6.07, 6.45) is 7.58. The third kappa shape index (κ3) is 0.823. The van der Waals surface area contributed by atoms with Gasteiger partial charge in [0.15, 0.2) is 0 Å². The predicted octanol–water partition coefficient (Wildman–Crippen LogP) is 2.46. The monoisotopic (exact) mass is 140 g/mol. The van der Waals surface area contributed by atoms with E-state index in [-0.39, 0.29) is 0 Å². The molecule has 1 heteroatoms. The second-order valence-corrected chi connectivity index (χ2v) is 4.39. The van der Waals surface area contributed by atoms with E-state index in [9.17, 15) is 0 Å². The van der Waals surface area contributed by atoms with Crippen molar-refractivity contribution in [3.63, 3.8) is 0 Å². The van der Waals surface area contributed by atoms with Gasteiger partial charge in [-0.3, -0.25) is 0 Å². The van der Waals surface area contributed by atoms with Crippen molar-refractivity contribution in [3.05, 3.63) is 12.2 Å². The van der Waals surface area contributed by atoms with Crippen LogP contribution < -0.4 is 0 Å². The van der Waals surface area contributed by atoms with Crippen molar-refractivity contribution < 1.29 is 0 Å². The van der Waals surface area contributed by atoms with E-state index in [0.717, 1.165) is 16.4 Å². The molecule has 0 radical (unpaired) electrons. The number of hydrogen-bond donors (Lipinski definition) is 0. The molecule has 50 valence electrons. The highest BCUT2D eigenvalue weighted by atomic mass is 32.2. The fourth-order valence-electron chi connectivity index (χ4n) is 1.79. The summed E-state index contributed by atoms with van der Waals surface area (Å²) >= 11 is 2.17. The molecule has 0 nitrogen and oxygen atoms in total. The molecule has 9 heavy (non-hydrogen) atoms. The lowest BCUT2D eigenvalue weighted by Crippen LogP contribution is -2.06. The molecule has 0 spiro atoms. The molecule has 1 fully saturated rings. The summed E-state index contributed by atoms with van der Waals surface area (Å²) in [5.74, 6) is 0.935. The van der Waals surface area contributed by atoms with Crippen LogP contribution in [0.4, 0.5) is 0 Å². The van der Waals surface area contributed by atoms with E-state index < -0.39 is 0 Å². The van der Waals surface area contributed by atoms with Crippen LogP contribution in [0.25, 0.3) is 0 Å². The van der Waals surface area contributed by atoms with Crippen molar-refractivity contribution in [2.24, 2.45) is 5.92 Å². The first-order valence-corrected chi connectivity index (χ1v) is 4.68. The summed E-state index contributed by atoms with van der Waals surface area (Å²) < 4.78 is 0. The Morgan fingerprint density at radius 3 is 2.78 bits per heavy atom. The molecular formula is C8H12S. The Hall–Kier alpha value is 0.0900.